The van der Waals surface area contributed by atoms with Gasteiger partial charge in [-0.2, -0.15) is 5.10 Å². The molecule has 1 aliphatic carbocycles. The van der Waals surface area contributed by atoms with Crippen molar-refractivity contribution in [1.82, 2.24) is 10.7 Å². The molecule has 3 aromatic rings. The standard InChI is InChI=1S/C32H38N4O5S/c1-23-9-16-29(19-24(23)2)36(42(3,39)40)21-26-10-14-27(15-11-26)32(38)35-33-20-25-12-17-30(18-13-25)41-22-31(37)34-28-7-5-4-6-8-28/h9-20,28H,4-8,21-22H2,1-3H3,(H,34,37)(H,35,38)/b33-20-. The van der Waals surface area contributed by atoms with E-state index in [0.29, 0.717) is 17.0 Å². The van der Waals surface area contributed by atoms with Gasteiger partial charge in [-0.25, -0.2) is 13.8 Å². The van der Waals surface area contributed by atoms with Gasteiger partial charge in [-0.05, 0) is 97.5 Å². The summed E-state index contributed by atoms with van der Waals surface area (Å²) in [4.78, 5) is 24.7. The Bertz CT molecular complexity index is 1510. The van der Waals surface area contributed by atoms with E-state index in [9.17, 15) is 18.0 Å². The van der Waals surface area contributed by atoms with Crippen LogP contribution in [0.1, 0.15) is 64.7 Å². The van der Waals surface area contributed by atoms with Crippen LogP contribution in [-0.2, 0) is 21.4 Å². The van der Waals surface area contributed by atoms with Crippen molar-refractivity contribution in [3.05, 3.63) is 94.5 Å². The molecule has 3 aromatic carbocycles. The molecule has 10 heteroatoms. The molecule has 1 fully saturated rings. The number of hydrogen-bond acceptors (Lipinski definition) is 6. The van der Waals surface area contributed by atoms with Crippen LogP contribution in [0, 0.1) is 13.8 Å². The Labute approximate surface area is 248 Å². The molecule has 2 amide bonds. The van der Waals surface area contributed by atoms with Gasteiger partial charge in [-0.1, -0.05) is 37.5 Å². The summed E-state index contributed by atoms with van der Waals surface area (Å²) in [6, 6.07) is 19.6. The molecule has 1 saturated carbocycles. The lowest BCUT2D eigenvalue weighted by Gasteiger charge is -2.23. The predicted octanol–water partition coefficient (Wildman–Crippen LogP) is 4.86. The van der Waals surface area contributed by atoms with Gasteiger partial charge >= 0.3 is 0 Å². The fourth-order valence-electron chi connectivity index (χ4n) is 4.75. The van der Waals surface area contributed by atoms with Crippen LogP contribution >= 0.6 is 0 Å². The Morgan fingerprint density at radius 3 is 2.29 bits per heavy atom. The SMILES string of the molecule is Cc1ccc(N(Cc2ccc(C(=O)N/N=C\c3ccc(OCC(=O)NC4CCCCC4)cc3)cc2)S(C)(=O)=O)cc1C. The molecule has 2 N–H and O–H groups in total. The van der Waals surface area contributed by atoms with Gasteiger partial charge in [0.05, 0.1) is 24.7 Å². The highest BCUT2D eigenvalue weighted by atomic mass is 32.2. The third-order valence-electron chi connectivity index (χ3n) is 7.32. The minimum absolute atomic E-state index is 0.0311. The first-order valence-corrected chi connectivity index (χ1v) is 15.9. The van der Waals surface area contributed by atoms with Gasteiger partial charge < -0.3 is 10.1 Å². The van der Waals surface area contributed by atoms with Gasteiger partial charge in [0, 0.05) is 11.6 Å². The van der Waals surface area contributed by atoms with E-state index in [2.05, 4.69) is 15.8 Å². The van der Waals surface area contributed by atoms with Crippen molar-refractivity contribution in [2.75, 3.05) is 17.2 Å². The average Bonchev–Trinajstić information content (AvgIpc) is 2.97. The van der Waals surface area contributed by atoms with Crippen LogP contribution in [0.4, 0.5) is 5.69 Å². The second-order valence-corrected chi connectivity index (χ2v) is 12.6. The van der Waals surface area contributed by atoms with Crippen LogP contribution < -0.4 is 19.8 Å². The zero-order chi connectivity index (χ0) is 30.1. The van der Waals surface area contributed by atoms with Crippen LogP contribution in [0.2, 0.25) is 0 Å². The molecule has 1 aliphatic rings. The number of benzene rings is 3. The second kappa shape index (κ2) is 14.1. The van der Waals surface area contributed by atoms with Crippen LogP contribution in [0.15, 0.2) is 71.8 Å². The summed E-state index contributed by atoms with van der Waals surface area (Å²) in [5, 5.41) is 7.06. The zero-order valence-corrected chi connectivity index (χ0v) is 25.1. The number of amides is 2. The lowest BCUT2D eigenvalue weighted by Crippen LogP contribution is -2.38. The molecule has 222 valence electrons. The molecule has 0 radical (unpaired) electrons. The molecular weight excluding hydrogens is 552 g/mol. The highest BCUT2D eigenvalue weighted by molar-refractivity contribution is 7.92. The number of hydrazone groups is 1. The highest BCUT2D eigenvalue weighted by Crippen LogP contribution is 2.24. The number of nitrogens with one attached hydrogen (secondary N) is 2. The maximum atomic E-state index is 12.6. The van der Waals surface area contributed by atoms with E-state index >= 15 is 0 Å². The molecule has 0 aliphatic heterocycles. The number of carbonyl (C=O) groups is 2. The first kappa shape index (κ1) is 30.8. The van der Waals surface area contributed by atoms with Crippen molar-refractivity contribution in [3.63, 3.8) is 0 Å². The Balaban J connectivity index is 1.27. The third-order valence-corrected chi connectivity index (χ3v) is 8.46. The van der Waals surface area contributed by atoms with Crippen molar-refractivity contribution < 1.29 is 22.7 Å². The summed E-state index contributed by atoms with van der Waals surface area (Å²) < 4.78 is 32.0. The van der Waals surface area contributed by atoms with E-state index in [1.165, 1.54) is 23.2 Å². The Morgan fingerprint density at radius 2 is 1.64 bits per heavy atom. The summed E-state index contributed by atoms with van der Waals surface area (Å²) in [5.74, 6) is 0.0650. The third kappa shape index (κ3) is 8.91. The number of rotatable bonds is 11. The van der Waals surface area contributed by atoms with E-state index in [4.69, 9.17) is 4.74 Å². The van der Waals surface area contributed by atoms with Gasteiger partial charge in [0.25, 0.3) is 11.8 Å². The summed E-state index contributed by atoms with van der Waals surface area (Å²) in [6.45, 7) is 4.04. The summed E-state index contributed by atoms with van der Waals surface area (Å²) in [5.41, 5.74) is 7.07. The topological polar surface area (TPSA) is 117 Å². The Kier molecular flexibility index (Phi) is 10.4. The van der Waals surface area contributed by atoms with Crippen LogP contribution in [-0.4, -0.2) is 45.4 Å². The van der Waals surface area contributed by atoms with E-state index in [1.54, 1.807) is 54.6 Å². The van der Waals surface area contributed by atoms with Gasteiger partial charge in [-0.3, -0.25) is 13.9 Å². The summed E-state index contributed by atoms with van der Waals surface area (Å²) in [6.07, 6.45) is 8.29. The van der Waals surface area contributed by atoms with Gasteiger partial charge in [0.1, 0.15) is 5.75 Å². The molecule has 9 nitrogen and oxygen atoms in total. The lowest BCUT2D eigenvalue weighted by molar-refractivity contribution is -0.124. The molecule has 42 heavy (non-hydrogen) atoms. The van der Waals surface area contributed by atoms with Crippen molar-refractivity contribution in [3.8, 4) is 5.75 Å². The summed E-state index contributed by atoms with van der Waals surface area (Å²) >= 11 is 0. The number of ether oxygens (including phenoxy) is 1. The Morgan fingerprint density at radius 1 is 0.952 bits per heavy atom. The average molecular weight is 591 g/mol. The molecule has 0 saturated heterocycles. The van der Waals surface area contributed by atoms with Crippen LogP contribution in [0.3, 0.4) is 0 Å². The predicted molar refractivity (Wildman–Crippen MR) is 165 cm³/mol. The van der Waals surface area contributed by atoms with Crippen molar-refractivity contribution in [2.24, 2.45) is 5.10 Å². The number of carbonyl (C=O) groups excluding carboxylic acids is 2. The van der Waals surface area contributed by atoms with E-state index < -0.39 is 15.9 Å². The molecule has 4 rings (SSSR count). The van der Waals surface area contributed by atoms with Gasteiger partial charge in [-0.15, -0.1) is 0 Å². The van der Waals surface area contributed by atoms with Crippen molar-refractivity contribution in [1.29, 1.82) is 0 Å². The first-order valence-electron chi connectivity index (χ1n) is 14.1. The van der Waals surface area contributed by atoms with Crippen LogP contribution in [0.5, 0.6) is 5.75 Å². The Hall–Kier alpha value is -4.18. The van der Waals surface area contributed by atoms with E-state index in [-0.39, 0.29) is 25.1 Å². The fourth-order valence-corrected chi connectivity index (χ4v) is 5.63. The highest BCUT2D eigenvalue weighted by Gasteiger charge is 2.19. The van der Waals surface area contributed by atoms with Crippen LogP contribution in [0.25, 0.3) is 0 Å². The molecule has 0 spiro atoms. The first-order chi connectivity index (χ1) is 20.1. The number of anilines is 1. The summed E-state index contributed by atoms with van der Waals surface area (Å²) in [7, 11) is -3.52. The molecule has 0 heterocycles. The van der Waals surface area contributed by atoms with Gasteiger partial charge in [0.2, 0.25) is 10.0 Å². The number of aryl methyl sites for hydroxylation is 2. The minimum atomic E-state index is -3.52. The quantitative estimate of drug-likeness (QED) is 0.244. The number of sulfonamides is 1. The maximum absolute atomic E-state index is 12.6. The molecule has 0 atom stereocenters. The monoisotopic (exact) mass is 590 g/mol. The van der Waals surface area contributed by atoms with E-state index in [1.807, 2.05) is 26.0 Å². The fraction of sp³-hybridized carbons (Fsp3) is 0.344. The molecule has 0 aromatic heterocycles. The smallest absolute Gasteiger partial charge is 0.271 e. The zero-order valence-electron chi connectivity index (χ0n) is 24.3. The molecule has 0 unspecified atom stereocenters. The lowest BCUT2D eigenvalue weighted by atomic mass is 9.95. The molecular formula is C32H38N4O5S. The van der Waals surface area contributed by atoms with E-state index in [0.717, 1.165) is 47.9 Å². The normalized spacial score (nSPS) is 14.0. The van der Waals surface area contributed by atoms with Crippen molar-refractivity contribution in [2.45, 2.75) is 58.5 Å². The maximum Gasteiger partial charge on any atom is 0.271 e. The number of nitrogens with zero attached hydrogens (tertiary/aromatic N) is 2. The number of hydrogen-bond donors (Lipinski definition) is 2. The largest absolute Gasteiger partial charge is 0.484 e. The van der Waals surface area contributed by atoms with Crippen molar-refractivity contribution >= 4 is 33.7 Å². The van der Waals surface area contributed by atoms with Gasteiger partial charge in [0.15, 0.2) is 6.61 Å². The second-order valence-electron chi connectivity index (χ2n) is 10.7. The molecule has 0 bridgehead atoms. The minimum Gasteiger partial charge on any atom is -0.484 e.